The van der Waals surface area contributed by atoms with Gasteiger partial charge in [0.25, 0.3) is 5.91 Å². The number of benzene rings is 1. The number of amides is 1. The van der Waals surface area contributed by atoms with Gasteiger partial charge < -0.3 is 20.1 Å². The van der Waals surface area contributed by atoms with Crippen LogP contribution in [0, 0.1) is 0 Å². The lowest BCUT2D eigenvalue weighted by Crippen LogP contribution is -2.19. The van der Waals surface area contributed by atoms with E-state index in [4.69, 9.17) is 4.74 Å². The first-order valence-corrected chi connectivity index (χ1v) is 8.33. The molecule has 1 aromatic heterocycles. The minimum absolute atomic E-state index is 0.199. The van der Waals surface area contributed by atoms with Gasteiger partial charge in [-0.3, -0.25) is 4.79 Å². The van der Waals surface area contributed by atoms with Crippen molar-refractivity contribution in [1.29, 1.82) is 0 Å². The summed E-state index contributed by atoms with van der Waals surface area (Å²) in [6.07, 6.45) is 5.25. The molecule has 0 saturated carbocycles. The van der Waals surface area contributed by atoms with E-state index in [0.717, 1.165) is 19.4 Å². The average Bonchev–Trinajstić information content (AvgIpc) is 3.20. The number of carbonyl (C=O) groups is 2. The minimum atomic E-state index is -0.431. The van der Waals surface area contributed by atoms with Gasteiger partial charge in [0, 0.05) is 18.8 Å². The van der Waals surface area contributed by atoms with Crippen LogP contribution >= 0.6 is 0 Å². The van der Waals surface area contributed by atoms with E-state index < -0.39 is 5.97 Å². The number of esters is 1. The zero-order chi connectivity index (χ0) is 18.4. The summed E-state index contributed by atoms with van der Waals surface area (Å²) in [7, 11) is 1.32. The molecule has 0 bridgehead atoms. The molecule has 1 saturated heterocycles. The van der Waals surface area contributed by atoms with E-state index in [2.05, 4.69) is 25.3 Å². The fourth-order valence-corrected chi connectivity index (χ4v) is 2.56. The first-order valence-electron chi connectivity index (χ1n) is 8.33. The van der Waals surface area contributed by atoms with Gasteiger partial charge in [-0.05, 0) is 37.1 Å². The summed E-state index contributed by atoms with van der Waals surface area (Å²) >= 11 is 0. The van der Waals surface area contributed by atoms with Crippen LogP contribution in [0.2, 0.25) is 0 Å². The van der Waals surface area contributed by atoms with Gasteiger partial charge in [-0.25, -0.2) is 14.8 Å². The highest BCUT2D eigenvalue weighted by Crippen LogP contribution is 2.14. The number of ether oxygens (including phenoxy) is 2. The third kappa shape index (κ3) is 4.54. The molecule has 2 N–H and O–H groups in total. The second kappa shape index (κ2) is 8.39. The summed E-state index contributed by atoms with van der Waals surface area (Å²) in [4.78, 5) is 31.9. The molecule has 8 nitrogen and oxygen atoms in total. The molecule has 1 aromatic carbocycles. The molecular formula is C18H20N4O4. The predicted octanol–water partition coefficient (Wildman–Crippen LogP) is 2.11. The van der Waals surface area contributed by atoms with E-state index in [1.54, 1.807) is 24.3 Å². The second-order valence-corrected chi connectivity index (χ2v) is 5.83. The SMILES string of the molecule is COC(=O)c1ccc(NC(=O)c2cnc(NCC3CCCO3)cn2)cc1. The van der Waals surface area contributed by atoms with Gasteiger partial charge in [-0.2, -0.15) is 0 Å². The van der Waals surface area contributed by atoms with Crippen molar-refractivity contribution >= 4 is 23.4 Å². The Morgan fingerprint density at radius 2 is 2.04 bits per heavy atom. The maximum Gasteiger partial charge on any atom is 0.337 e. The zero-order valence-electron chi connectivity index (χ0n) is 14.4. The molecule has 8 heteroatoms. The smallest absolute Gasteiger partial charge is 0.337 e. The lowest BCUT2D eigenvalue weighted by molar-refractivity contribution is 0.0600. The van der Waals surface area contributed by atoms with Crippen LogP contribution in [-0.4, -0.2) is 48.2 Å². The monoisotopic (exact) mass is 356 g/mol. The average molecular weight is 356 g/mol. The molecule has 3 rings (SSSR count). The number of hydrogen-bond donors (Lipinski definition) is 2. The Morgan fingerprint density at radius 1 is 1.23 bits per heavy atom. The Morgan fingerprint density at radius 3 is 2.65 bits per heavy atom. The van der Waals surface area contributed by atoms with Crippen molar-refractivity contribution in [3.8, 4) is 0 Å². The number of rotatable bonds is 6. The van der Waals surface area contributed by atoms with Crippen molar-refractivity contribution in [2.75, 3.05) is 30.9 Å². The van der Waals surface area contributed by atoms with E-state index >= 15 is 0 Å². The van der Waals surface area contributed by atoms with Crippen molar-refractivity contribution < 1.29 is 19.1 Å². The van der Waals surface area contributed by atoms with Gasteiger partial charge in [0.2, 0.25) is 0 Å². The summed E-state index contributed by atoms with van der Waals surface area (Å²) in [5, 5.41) is 5.86. The first-order chi connectivity index (χ1) is 12.7. The van der Waals surface area contributed by atoms with Gasteiger partial charge in [-0.15, -0.1) is 0 Å². The lowest BCUT2D eigenvalue weighted by Gasteiger charge is -2.11. The van der Waals surface area contributed by atoms with Crippen LogP contribution in [0.5, 0.6) is 0 Å². The highest BCUT2D eigenvalue weighted by Gasteiger charge is 2.15. The molecule has 136 valence electrons. The Bertz CT molecular complexity index is 756. The largest absolute Gasteiger partial charge is 0.465 e. The quantitative estimate of drug-likeness (QED) is 0.764. The topological polar surface area (TPSA) is 102 Å². The van der Waals surface area contributed by atoms with Crippen LogP contribution in [-0.2, 0) is 9.47 Å². The third-order valence-electron chi connectivity index (χ3n) is 3.98. The maximum atomic E-state index is 12.2. The Labute approximate surface area is 150 Å². The van der Waals surface area contributed by atoms with Crippen molar-refractivity contribution in [2.24, 2.45) is 0 Å². The van der Waals surface area contributed by atoms with E-state index in [0.29, 0.717) is 23.6 Å². The minimum Gasteiger partial charge on any atom is -0.465 e. The molecule has 1 atom stereocenters. The molecule has 26 heavy (non-hydrogen) atoms. The zero-order valence-corrected chi connectivity index (χ0v) is 14.4. The summed E-state index contributed by atoms with van der Waals surface area (Å²) < 4.78 is 10.2. The number of nitrogens with zero attached hydrogens (tertiary/aromatic N) is 2. The van der Waals surface area contributed by atoms with E-state index in [-0.39, 0.29) is 17.7 Å². The van der Waals surface area contributed by atoms with Gasteiger partial charge in [-0.1, -0.05) is 0 Å². The summed E-state index contributed by atoms with van der Waals surface area (Å²) in [5.41, 5.74) is 1.15. The molecule has 0 radical (unpaired) electrons. The molecule has 2 heterocycles. The number of hydrogen-bond acceptors (Lipinski definition) is 7. The molecule has 1 unspecified atom stereocenters. The lowest BCUT2D eigenvalue weighted by atomic mass is 10.2. The fourth-order valence-electron chi connectivity index (χ4n) is 2.56. The number of anilines is 2. The van der Waals surface area contributed by atoms with Crippen molar-refractivity contribution in [3.05, 3.63) is 47.9 Å². The van der Waals surface area contributed by atoms with Crippen LogP contribution in [0.1, 0.15) is 33.7 Å². The number of aromatic nitrogens is 2. The van der Waals surface area contributed by atoms with Gasteiger partial charge >= 0.3 is 5.97 Å². The van der Waals surface area contributed by atoms with Crippen molar-refractivity contribution in [2.45, 2.75) is 18.9 Å². The summed E-state index contributed by atoms with van der Waals surface area (Å²) in [6.45, 7) is 1.48. The molecule has 1 fully saturated rings. The third-order valence-corrected chi connectivity index (χ3v) is 3.98. The molecule has 2 aromatic rings. The fraction of sp³-hybridized carbons (Fsp3) is 0.333. The Hall–Kier alpha value is -3.00. The maximum absolute atomic E-state index is 12.2. The standard InChI is InChI=1S/C18H20N4O4/c1-25-18(24)12-4-6-13(7-5-12)22-17(23)15-10-21-16(11-19-15)20-9-14-3-2-8-26-14/h4-7,10-11,14H,2-3,8-9H2,1H3,(H,20,21)(H,22,23). The summed E-state index contributed by atoms with van der Waals surface area (Å²) in [5.74, 6) is -0.215. The Kier molecular flexibility index (Phi) is 5.75. The highest BCUT2D eigenvalue weighted by molar-refractivity contribution is 6.03. The van der Waals surface area contributed by atoms with Gasteiger partial charge in [0.1, 0.15) is 11.5 Å². The molecule has 1 amide bonds. The van der Waals surface area contributed by atoms with Crippen LogP contribution < -0.4 is 10.6 Å². The Balaban J connectivity index is 1.54. The molecular weight excluding hydrogens is 336 g/mol. The van der Waals surface area contributed by atoms with E-state index in [1.165, 1.54) is 19.5 Å². The number of nitrogens with one attached hydrogen (secondary N) is 2. The molecule has 1 aliphatic heterocycles. The normalized spacial score (nSPS) is 16.1. The van der Waals surface area contributed by atoms with Crippen molar-refractivity contribution in [1.82, 2.24) is 9.97 Å². The highest BCUT2D eigenvalue weighted by atomic mass is 16.5. The van der Waals surface area contributed by atoms with Crippen LogP contribution in [0.3, 0.4) is 0 Å². The molecule has 0 aliphatic carbocycles. The van der Waals surface area contributed by atoms with Crippen LogP contribution in [0.25, 0.3) is 0 Å². The second-order valence-electron chi connectivity index (χ2n) is 5.83. The van der Waals surface area contributed by atoms with E-state index in [9.17, 15) is 9.59 Å². The first kappa shape index (κ1) is 17.8. The molecule has 1 aliphatic rings. The van der Waals surface area contributed by atoms with Gasteiger partial charge in [0.15, 0.2) is 0 Å². The van der Waals surface area contributed by atoms with Crippen molar-refractivity contribution in [3.63, 3.8) is 0 Å². The van der Waals surface area contributed by atoms with E-state index in [1.807, 2.05) is 0 Å². The van der Waals surface area contributed by atoms with Crippen LogP contribution in [0.4, 0.5) is 11.5 Å². The molecule has 0 spiro atoms. The van der Waals surface area contributed by atoms with Gasteiger partial charge in [0.05, 0.1) is 31.2 Å². The number of carbonyl (C=O) groups excluding carboxylic acids is 2. The predicted molar refractivity (Wildman–Crippen MR) is 95.2 cm³/mol. The summed E-state index contributed by atoms with van der Waals surface area (Å²) in [6, 6.07) is 6.39. The number of methoxy groups -OCH3 is 1. The van der Waals surface area contributed by atoms with Crippen LogP contribution in [0.15, 0.2) is 36.7 Å².